The number of ether oxygens (including phenoxy) is 1. The lowest BCUT2D eigenvalue weighted by atomic mass is 10.0. The van der Waals surface area contributed by atoms with Crippen LogP contribution in [0.1, 0.15) is 18.0 Å². The molecule has 1 aromatic heterocycles. The third kappa shape index (κ3) is 4.37. The summed E-state index contributed by atoms with van der Waals surface area (Å²) in [6, 6.07) is 15.1. The summed E-state index contributed by atoms with van der Waals surface area (Å²) in [6.07, 6.45) is 0.877. The van der Waals surface area contributed by atoms with Gasteiger partial charge in [-0.1, -0.05) is 42.5 Å². The van der Waals surface area contributed by atoms with Crippen molar-refractivity contribution in [1.82, 2.24) is 14.9 Å². The van der Waals surface area contributed by atoms with Crippen molar-refractivity contribution in [1.29, 1.82) is 0 Å². The van der Waals surface area contributed by atoms with Gasteiger partial charge < -0.3 is 15.0 Å². The molecule has 146 valence electrons. The SMILES string of the molecule is COCCCNC(=O)[C@@H](Cc1ccccc1)n1c(=O)[nH]c2ccccc2c1=O. The number of nitrogens with zero attached hydrogens (tertiary/aromatic N) is 1. The Morgan fingerprint density at radius 3 is 2.57 bits per heavy atom. The topological polar surface area (TPSA) is 93.2 Å². The summed E-state index contributed by atoms with van der Waals surface area (Å²) in [5.41, 5.74) is 0.232. The highest BCUT2D eigenvalue weighted by atomic mass is 16.5. The predicted octanol–water partition coefficient (Wildman–Crippen LogP) is 1.63. The summed E-state index contributed by atoms with van der Waals surface area (Å²) < 4.78 is 6.00. The summed E-state index contributed by atoms with van der Waals surface area (Å²) in [4.78, 5) is 41.3. The van der Waals surface area contributed by atoms with Gasteiger partial charge in [0.2, 0.25) is 5.91 Å². The molecule has 2 N–H and O–H groups in total. The fraction of sp³-hybridized carbons (Fsp3) is 0.286. The number of para-hydroxylation sites is 1. The van der Waals surface area contributed by atoms with Crippen molar-refractivity contribution in [2.45, 2.75) is 18.9 Å². The summed E-state index contributed by atoms with van der Waals surface area (Å²) in [7, 11) is 1.59. The monoisotopic (exact) mass is 381 g/mol. The molecule has 1 heterocycles. The Hall–Kier alpha value is -3.19. The lowest BCUT2D eigenvalue weighted by molar-refractivity contribution is -0.124. The Kier molecular flexibility index (Phi) is 6.39. The molecule has 0 spiro atoms. The van der Waals surface area contributed by atoms with E-state index in [-0.39, 0.29) is 12.3 Å². The lowest BCUT2D eigenvalue weighted by Gasteiger charge is -2.19. The first-order valence-corrected chi connectivity index (χ1v) is 9.16. The number of aromatic amines is 1. The van der Waals surface area contributed by atoms with E-state index < -0.39 is 17.3 Å². The van der Waals surface area contributed by atoms with Gasteiger partial charge in [-0.2, -0.15) is 0 Å². The minimum atomic E-state index is -0.953. The number of benzene rings is 2. The van der Waals surface area contributed by atoms with E-state index in [4.69, 9.17) is 4.74 Å². The number of H-pyrrole nitrogens is 1. The molecule has 3 rings (SSSR count). The molecule has 0 aliphatic rings. The second kappa shape index (κ2) is 9.14. The van der Waals surface area contributed by atoms with E-state index in [1.165, 1.54) is 0 Å². The highest BCUT2D eigenvalue weighted by molar-refractivity contribution is 5.82. The van der Waals surface area contributed by atoms with E-state index in [0.717, 1.165) is 10.1 Å². The van der Waals surface area contributed by atoms with E-state index >= 15 is 0 Å². The normalized spacial score (nSPS) is 12.0. The number of aromatic nitrogens is 2. The first-order chi connectivity index (χ1) is 13.6. The fourth-order valence-electron chi connectivity index (χ4n) is 3.14. The second-order valence-corrected chi connectivity index (χ2v) is 6.49. The second-order valence-electron chi connectivity index (χ2n) is 6.49. The molecule has 0 aliphatic heterocycles. The summed E-state index contributed by atoms with van der Waals surface area (Å²) in [5.74, 6) is -0.372. The molecule has 28 heavy (non-hydrogen) atoms. The van der Waals surface area contributed by atoms with Gasteiger partial charge in [-0.3, -0.25) is 9.59 Å². The molecule has 1 amide bonds. The maximum atomic E-state index is 13.0. The standard InChI is InChI=1S/C21H23N3O4/c1-28-13-7-12-22-19(25)18(14-15-8-3-2-4-9-15)24-20(26)16-10-5-6-11-17(16)23-21(24)27/h2-6,8-11,18H,7,12-14H2,1H3,(H,22,25)(H,23,27)/t18-/m1/s1. The van der Waals surface area contributed by atoms with Crippen LogP contribution >= 0.6 is 0 Å². The smallest absolute Gasteiger partial charge is 0.329 e. The molecule has 0 unspecified atom stereocenters. The molecular weight excluding hydrogens is 358 g/mol. The molecular formula is C21H23N3O4. The lowest BCUT2D eigenvalue weighted by Crippen LogP contribution is -2.45. The van der Waals surface area contributed by atoms with Crippen molar-refractivity contribution in [3.05, 3.63) is 81.0 Å². The molecule has 0 fully saturated rings. The third-order valence-electron chi connectivity index (χ3n) is 4.55. The van der Waals surface area contributed by atoms with Gasteiger partial charge in [-0.15, -0.1) is 0 Å². The zero-order chi connectivity index (χ0) is 19.9. The van der Waals surface area contributed by atoms with Gasteiger partial charge in [0, 0.05) is 26.7 Å². The van der Waals surface area contributed by atoms with Crippen LogP contribution in [0, 0.1) is 0 Å². The quantitative estimate of drug-likeness (QED) is 0.580. The Labute approximate surface area is 162 Å². The van der Waals surface area contributed by atoms with Crippen LogP contribution in [-0.2, 0) is 16.0 Å². The van der Waals surface area contributed by atoms with Crippen molar-refractivity contribution in [2.24, 2.45) is 0 Å². The number of fused-ring (bicyclic) bond motifs is 1. The molecule has 0 saturated heterocycles. The number of hydrogen-bond donors (Lipinski definition) is 2. The first kappa shape index (κ1) is 19.6. The average molecular weight is 381 g/mol. The van der Waals surface area contributed by atoms with Crippen molar-refractivity contribution in [3.63, 3.8) is 0 Å². The van der Waals surface area contributed by atoms with Crippen LogP contribution in [0.15, 0.2) is 64.2 Å². The number of amides is 1. The van der Waals surface area contributed by atoms with Crippen LogP contribution < -0.4 is 16.6 Å². The maximum Gasteiger partial charge on any atom is 0.329 e. The number of methoxy groups -OCH3 is 1. The van der Waals surface area contributed by atoms with Crippen molar-refractivity contribution in [2.75, 3.05) is 20.3 Å². The molecule has 0 saturated carbocycles. The fourth-order valence-corrected chi connectivity index (χ4v) is 3.14. The van der Waals surface area contributed by atoms with Crippen LogP contribution in [0.25, 0.3) is 10.9 Å². The number of nitrogens with one attached hydrogen (secondary N) is 2. The Morgan fingerprint density at radius 2 is 1.82 bits per heavy atom. The highest BCUT2D eigenvalue weighted by Crippen LogP contribution is 2.13. The maximum absolute atomic E-state index is 13.0. The number of hydrogen-bond acceptors (Lipinski definition) is 4. The van der Waals surface area contributed by atoms with E-state index in [0.29, 0.717) is 30.5 Å². The van der Waals surface area contributed by atoms with E-state index in [1.807, 2.05) is 30.3 Å². The molecule has 0 radical (unpaired) electrons. The zero-order valence-corrected chi connectivity index (χ0v) is 15.7. The molecule has 1 atom stereocenters. The van der Waals surface area contributed by atoms with Crippen LogP contribution in [0.2, 0.25) is 0 Å². The molecule has 0 aliphatic carbocycles. The van der Waals surface area contributed by atoms with E-state index in [9.17, 15) is 14.4 Å². The van der Waals surface area contributed by atoms with Gasteiger partial charge in [-0.25, -0.2) is 9.36 Å². The number of carbonyl (C=O) groups excluding carboxylic acids is 1. The highest BCUT2D eigenvalue weighted by Gasteiger charge is 2.25. The Morgan fingerprint density at radius 1 is 1.11 bits per heavy atom. The zero-order valence-electron chi connectivity index (χ0n) is 15.7. The molecule has 7 nitrogen and oxygen atoms in total. The molecule has 0 bridgehead atoms. The Balaban J connectivity index is 2.01. The average Bonchev–Trinajstić information content (AvgIpc) is 2.71. The van der Waals surface area contributed by atoms with Crippen molar-refractivity contribution >= 4 is 16.8 Å². The predicted molar refractivity (Wildman–Crippen MR) is 108 cm³/mol. The summed E-state index contributed by atoms with van der Waals surface area (Å²) in [6.45, 7) is 0.915. The first-order valence-electron chi connectivity index (χ1n) is 9.16. The van der Waals surface area contributed by atoms with Crippen LogP contribution in [-0.4, -0.2) is 35.7 Å². The summed E-state index contributed by atoms with van der Waals surface area (Å²) >= 11 is 0. The largest absolute Gasteiger partial charge is 0.385 e. The van der Waals surface area contributed by atoms with Gasteiger partial charge in [0.1, 0.15) is 6.04 Å². The van der Waals surface area contributed by atoms with Gasteiger partial charge in [0.25, 0.3) is 5.56 Å². The van der Waals surface area contributed by atoms with Crippen LogP contribution in [0.4, 0.5) is 0 Å². The van der Waals surface area contributed by atoms with E-state index in [2.05, 4.69) is 10.3 Å². The number of rotatable bonds is 8. The van der Waals surface area contributed by atoms with Gasteiger partial charge in [-0.05, 0) is 24.1 Å². The molecule has 7 heteroatoms. The Bertz CT molecular complexity index is 1060. The van der Waals surface area contributed by atoms with Crippen molar-refractivity contribution < 1.29 is 9.53 Å². The van der Waals surface area contributed by atoms with Crippen LogP contribution in [0.5, 0.6) is 0 Å². The minimum absolute atomic E-state index is 0.234. The van der Waals surface area contributed by atoms with Gasteiger partial charge in [0.15, 0.2) is 0 Å². The number of carbonyl (C=O) groups is 1. The van der Waals surface area contributed by atoms with Gasteiger partial charge in [0.05, 0.1) is 10.9 Å². The van der Waals surface area contributed by atoms with E-state index in [1.54, 1.807) is 31.4 Å². The minimum Gasteiger partial charge on any atom is -0.385 e. The molecule has 2 aromatic carbocycles. The third-order valence-corrected chi connectivity index (χ3v) is 4.55. The molecule has 3 aromatic rings. The summed E-state index contributed by atoms with van der Waals surface area (Å²) in [5, 5.41) is 3.18. The van der Waals surface area contributed by atoms with Gasteiger partial charge >= 0.3 is 5.69 Å². The van der Waals surface area contributed by atoms with Crippen molar-refractivity contribution in [3.8, 4) is 0 Å². The van der Waals surface area contributed by atoms with Crippen LogP contribution in [0.3, 0.4) is 0 Å².